The van der Waals surface area contributed by atoms with E-state index in [0.29, 0.717) is 47.7 Å². The molecule has 0 saturated carbocycles. The SMILES string of the molecule is CCOc1cc(C(c2cccc(Cl)c2Cl)N2CCCC2C(=O)O)ccc1OCc1ccccc1. The molecule has 1 N–H and O–H groups in total. The monoisotopic (exact) mass is 499 g/mol. The third-order valence-corrected chi connectivity index (χ3v) is 6.84. The molecule has 2 atom stereocenters. The third-order valence-electron chi connectivity index (χ3n) is 6.01. The average Bonchev–Trinajstić information content (AvgIpc) is 3.32. The van der Waals surface area contributed by atoms with Crippen LogP contribution in [0.2, 0.25) is 10.0 Å². The molecule has 2 unspecified atom stereocenters. The summed E-state index contributed by atoms with van der Waals surface area (Å²) >= 11 is 13.0. The maximum atomic E-state index is 12.0. The van der Waals surface area contributed by atoms with Crippen LogP contribution in [0, 0.1) is 0 Å². The van der Waals surface area contributed by atoms with Crippen LogP contribution in [-0.2, 0) is 11.4 Å². The minimum absolute atomic E-state index is 0.392. The molecule has 178 valence electrons. The molecule has 5 nitrogen and oxygen atoms in total. The van der Waals surface area contributed by atoms with E-state index >= 15 is 0 Å². The number of likely N-dealkylation sites (tertiary alicyclic amines) is 1. The molecule has 3 aromatic carbocycles. The Labute approximate surface area is 209 Å². The number of carboxylic acids is 1. The van der Waals surface area contributed by atoms with Crippen LogP contribution in [-0.4, -0.2) is 35.2 Å². The van der Waals surface area contributed by atoms with Gasteiger partial charge < -0.3 is 14.6 Å². The van der Waals surface area contributed by atoms with E-state index in [0.717, 1.165) is 23.1 Å². The first-order chi connectivity index (χ1) is 16.5. The predicted octanol–water partition coefficient (Wildman–Crippen LogP) is 6.61. The number of hydrogen-bond acceptors (Lipinski definition) is 4. The van der Waals surface area contributed by atoms with E-state index in [-0.39, 0.29) is 0 Å². The number of carboxylic acid groups (broad SMARTS) is 1. The summed E-state index contributed by atoms with van der Waals surface area (Å²) in [6, 6.07) is 20.1. The van der Waals surface area contributed by atoms with Gasteiger partial charge in [0.15, 0.2) is 11.5 Å². The number of aliphatic carboxylic acids is 1. The van der Waals surface area contributed by atoms with Crippen molar-refractivity contribution < 1.29 is 19.4 Å². The van der Waals surface area contributed by atoms with Gasteiger partial charge in [0.1, 0.15) is 12.6 Å². The highest BCUT2D eigenvalue weighted by Gasteiger charge is 2.38. The van der Waals surface area contributed by atoms with Crippen LogP contribution in [0.4, 0.5) is 0 Å². The highest BCUT2D eigenvalue weighted by molar-refractivity contribution is 6.42. The van der Waals surface area contributed by atoms with Gasteiger partial charge in [-0.1, -0.05) is 71.7 Å². The predicted molar refractivity (Wildman–Crippen MR) is 134 cm³/mol. The molecule has 0 radical (unpaired) electrons. The van der Waals surface area contributed by atoms with Crippen LogP contribution >= 0.6 is 23.2 Å². The Kier molecular flexibility index (Phi) is 7.99. The summed E-state index contributed by atoms with van der Waals surface area (Å²) in [4.78, 5) is 14.0. The first kappa shape index (κ1) is 24.4. The maximum absolute atomic E-state index is 12.0. The number of rotatable bonds is 9. The van der Waals surface area contributed by atoms with Gasteiger partial charge in [-0.2, -0.15) is 0 Å². The lowest BCUT2D eigenvalue weighted by Gasteiger charge is -2.33. The second kappa shape index (κ2) is 11.1. The molecule has 7 heteroatoms. The zero-order valence-electron chi connectivity index (χ0n) is 18.9. The highest BCUT2D eigenvalue weighted by atomic mass is 35.5. The summed E-state index contributed by atoms with van der Waals surface area (Å²) in [5, 5.41) is 10.7. The Hall–Kier alpha value is -2.73. The van der Waals surface area contributed by atoms with Crippen molar-refractivity contribution in [2.45, 2.75) is 38.5 Å². The van der Waals surface area contributed by atoms with Crippen LogP contribution in [0.5, 0.6) is 11.5 Å². The van der Waals surface area contributed by atoms with E-state index in [9.17, 15) is 9.90 Å². The Morgan fingerprint density at radius 3 is 2.59 bits per heavy atom. The molecular formula is C27H27Cl2NO4. The average molecular weight is 500 g/mol. The van der Waals surface area contributed by atoms with Crippen LogP contribution in [0.1, 0.15) is 42.5 Å². The summed E-state index contributed by atoms with van der Waals surface area (Å²) in [6.45, 7) is 3.44. The van der Waals surface area contributed by atoms with Crippen molar-refractivity contribution in [1.82, 2.24) is 4.90 Å². The van der Waals surface area contributed by atoms with Crippen molar-refractivity contribution in [1.29, 1.82) is 0 Å². The molecule has 0 aromatic heterocycles. The van der Waals surface area contributed by atoms with Crippen LogP contribution in [0.3, 0.4) is 0 Å². The minimum atomic E-state index is -0.839. The van der Waals surface area contributed by atoms with Crippen LogP contribution < -0.4 is 9.47 Å². The van der Waals surface area contributed by atoms with Gasteiger partial charge in [-0.3, -0.25) is 9.69 Å². The molecule has 3 aromatic rings. The summed E-state index contributed by atoms with van der Waals surface area (Å²) < 4.78 is 12.0. The highest BCUT2D eigenvalue weighted by Crippen LogP contribution is 2.42. The zero-order valence-corrected chi connectivity index (χ0v) is 20.4. The Morgan fingerprint density at radius 2 is 1.85 bits per heavy atom. The maximum Gasteiger partial charge on any atom is 0.320 e. The molecule has 0 spiro atoms. The number of benzene rings is 3. The first-order valence-corrected chi connectivity index (χ1v) is 12.1. The lowest BCUT2D eigenvalue weighted by atomic mass is 9.95. The van der Waals surface area contributed by atoms with Crippen molar-refractivity contribution in [3.63, 3.8) is 0 Å². The molecule has 34 heavy (non-hydrogen) atoms. The number of halogens is 2. The molecule has 1 fully saturated rings. The smallest absolute Gasteiger partial charge is 0.320 e. The Bertz CT molecular complexity index is 1140. The zero-order chi connectivity index (χ0) is 24.1. The molecule has 1 aliphatic rings. The fourth-order valence-corrected chi connectivity index (χ4v) is 4.87. The van der Waals surface area contributed by atoms with Crippen LogP contribution in [0.25, 0.3) is 0 Å². The quantitative estimate of drug-likeness (QED) is 0.358. The normalized spacial score (nSPS) is 16.9. The number of carbonyl (C=O) groups is 1. The first-order valence-electron chi connectivity index (χ1n) is 11.4. The number of nitrogens with zero attached hydrogens (tertiary/aromatic N) is 1. The fourth-order valence-electron chi connectivity index (χ4n) is 4.46. The Morgan fingerprint density at radius 1 is 1.06 bits per heavy atom. The second-order valence-corrected chi connectivity index (χ2v) is 8.98. The number of hydrogen-bond donors (Lipinski definition) is 1. The van der Waals surface area contributed by atoms with Gasteiger partial charge in [0.25, 0.3) is 0 Å². The summed E-state index contributed by atoms with van der Waals surface area (Å²) in [5.74, 6) is 0.389. The molecule has 0 bridgehead atoms. The van der Waals surface area contributed by atoms with Crippen molar-refractivity contribution in [3.8, 4) is 11.5 Å². The van der Waals surface area contributed by atoms with Gasteiger partial charge in [0.2, 0.25) is 0 Å². The van der Waals surface area contributed by atoms with Gasteiger partial charge in [0.05, 0.1) is 22.7 Å². The molecule has 0 aliphatic carbocycles. The minimum Gasteiger partial charge on any atom is -0.490 e. The van der Waals surface area contributed by atoms with E-state index in [2.05, 4.69) is 0 Å². The number of ether oxygens (including phenoxy) is 2. The molecule has 4 rings (SSSR count). The van der Waals surface area contributed by atoms with Crippen LogP contribution in [0.15, 0.2) is 66.7 Å². The molecule has 1 saturated heterocycles. The summed E-state index contributed by atoms with van der Waals surface area (Å²) in [6.07, 6.45) is 1.38. The fraction of sp³-hybridized carbons (Fsp3) is 0.296. The standard InChI is InChI=1S/C27H27Cl2NO4/c1-2-33-24-16-19(13-14-23(24)34-17-18-8-4-3-5-9-18)26(20-10-6-11-21(28)25(20)29)30-15-7-12-22(30)27(31)32/h3-6,8-11,13-14,16,22,26H,2,7,12,15,17H2,1H3,(H,31,32). The largest absolute Gasteiger partial charge is 0.490 e. The second-order valence-electron chi connectivity index (χ2n) is 8.19. The van der Waals surface area contributed by atoms with Gasteiger partial charge in [-0.15, -0.1) is 0 Å². The van der Waals surface area contributed by atoms with E-state index in [1.54, 1.807) is 6.07 Å². The molecular weight excluding hydrogens is 473 g/mol. The molecule has 0 amide bonds. The van der Waals surface area contributed by atoms with E-state index in [4.69, 9.17) is 32.7 Å². The Balaban J connectivity index is 1.74. The van der Waals surface area contributed by atoms with Crippen molar-refractivity contribution >= 4 is 29.2 Å². The lowest BCUT2D eigenvalue weighted by Crippen LogP contribution is -2.39. The molecule has 1 heterocycles. The van der Waals surface area contributed by atoms with Gasteiger partial charge in [0, 0.05) is 6.54 Å². The third kappa shape index (κ3) is 5.33. The topological polar surface area (TPSA) is 59.0 Å². The summed E-state index contributed by atoms with van der Waals surface area (Å²) in [5.41, 5.74) is 2.69. The lowest BCUT2D eigenvalue weighted by molar-refractivity contribution is -0.142. The van der Waals surface area contributed by atoms with E-state index in [1.807, 2.05) is 72.5 Å². The molecule has 1 aliphatic heterocycles. The van der Waals surface area contributed by atoms with E-state index < -0.39 is 18.1 Å². The van der Waals surface area contributed by atoms with Gasteiger partial charge in [-0.05, 0) is 54.7 Å². The summed E-state index contributed by atoms with van der Waals surface area (Å²) in [7, 11) is 0. The van der Waals surface area contributed by atoms with Gasteiger partial charge in [-0.25, -0.2) is 0 Å². The van der Waals surface area contributed by atoms with Crippen molar-refractivity contribution in [2.24, 2.45) is 0 Å². The van der Waals surface area contributed by atoms with E-state index in [1.165, 1.54) is 0 Å². The van der Waals surface area contributed by atoms with Gasteiger partial charge >= 0.3 is 5.97 Å². The van der Waals surface area contributed by atoms with Crippen molar-refractivity contribution in [2.75, 3.05) is 13.2 Å². The van der Waals surface area contributed by atoms with Crippen molar-refractivity contribution in [3.05, 3.63) is 93.5 Å².